The van der Waals surface area contributed by atoms with Gasteiger partial charge >= 0.3 is 0 Å². The molecule has 0 atom stereocenters. The van der Waals surface area contributed by atoms with E-state index < -0.39 is 0 Å². The first-order valence-corrected chi connectivity index (χ1v) is 20.4. The number of aromatic nitrogens is 10. The van der Waals surface area contributed by atoms with Gasteiger partial charge in [0.1, 0.15) is 11.4 Å². The van der Waals surface area contributed by atoms with Crippen LogP contribution in [0.25, 0.3) is 111 Å². The average molecular weight is 803 g/mol. The second kappa shape index (κ2) is 15.5. The lowest BCUT2D eigenvalue weighted by Crippen LogP contribution is -2.01. The van der Waals surface area contributed by atoms with Crippen molar-refractivity contribution < 1.29 is 0 Å². The Bertz CT molecular complexity index is 2990. The minimum atomic E-state index is 0.451. The Morgan fingerprint density at radius 3 is 0.869 bits per heavy atom. The van der Waals surface area contributed by atoms with E-state index in [1.165, 1.54) is 0 Å². The monoisotopic (exact) mass is 802 g/mol. The van der Waals surface area contributed by atoms with Gasteiger partial charge in [-0.1, -0.05) is 158 Å². The van der Waals surface area contributed by atoms with E-state index in [4.69, 9.17) is 49.8 Å². The fourth-order valence-corrected chi connectivity index (χ4v) is 8.58. The first kappa shape index (κ1) is 35.8. The van der Waals surface area contributed by atoms with E-state index in [1.54, 1.807) is 36.1 Å². The van der Waals surface area contributed by atoms with Gasteiger partial charge in [0.15, 0.2) is 34.9 Å². The number of fused-ring (bicyclic) bond motifs is 3. The first-order valence-electron chi connectivity index (χ1n) is 19.6. The van der Waals surface area contributed by atoms with Crippen molar-refractivity contribution in [1.82, 2.24) is 49.8 Å². The van der Waals surface area contributed by atoms with Crippen LogP contribution >= 0.6 is 11.3 Å². The fourth-order valence-electron chi connectivity index (χ4n) is 7.24. The third-order valence-electron chi connectivity index (χ3n) is 10.2. The summed E-state index contributed by atoms with van der Waals surface area (Å²) in [5, 5.41) is 2.25. The molecule has 6 aromatic carbocycles. The van der Waals surface area contributed by atoms with Gasteiger partial charge in [-0.25, -0.2) is 39.9 Å². The number of benzene rings is 6. The van der Waals surface area contributed by atoms with Crippen molar-refractivity contribution in [2.75, 3.05) is 0 Å². The van der Waals surface area contributed by atoms with Gasteiger partial charge < -0.3 is 0 Å². The zero-order chi connectivity index (χ0) is 40.5. The number of hydrogen-bond acceptors (Lipinski definition) is 11. The first-order chi connectivity index (χ1) is 30.2. The topological polar surface area (TPSA) is 129 Å². The quantitative estimate of drug-likeness (QED) is 0.146. The molecule has 0 unspecified atom stereocenters. The summed E-state index contributed by atoms with van der Waals surface area (Å²) in [5.41, 5.74) is 8.13. The molecule has 0 aliphatic heterocycles. The van der Waals surface area contributed by atoms with Gasteiger partial charge in [0.2, 0.25) is 0 Å². The van der Waals surface area contributed by atoms with E-state index in [9.17, 15) is 0 Å². The minimum absolute atomic E-state index is 0.451. The van der Waals surface area contributed by atoms with Crippen molar-refractivity contribution in [3.05, 3.63) is 183 Å². The van der Waals surface area contributed by atoms with E-state index in [0.717, 1.165) is 64.9 Å². The van der Waals surface area contributed by atoms with E-state index in [2.05, 4.69) is 36.4 Å². The SMILES string of the molecule is c1ccc(-c2nc(-c3ccccc3)nc(-c3cnc(-c4cccc5c4sc4c(-c6cnc(-c7nc(-c8ccccc8)nc(-c8ccccc8)n7)cn6)cccc45)cn3)n2)cc1. The number of nitrogens with zero attached hydrogens (tertiary/aromatic N) is 10. The largest absolute Gasteiger partial charge is 0.252 e. The van der Waals surface area contributed by atoms with E-state index in [0.29, 0.717) is 46.3 Å². The van der Waals surface area contributed by atoms with Gasteiger partial charge in [-0.05, 0) is 0 Å². The standard InChI is InChI=1S/C50H30N10S/c1-5-15-31(16-6-1)45-55-46(32-17-7-2-8-18-32)58-49(57-45)41-29-51-39(27-53-41)37-25-13-23-35-36-24-14-26-38(44(36)61-43(35)37)40-28-54-42(30-52-40)50-59-47(33-19-9-3-10-20-33)56-48(60-50)34-21-11-4-12-22-34/h1-30H. The maximum Gasteiger partial charge on any atom is 0.184 e. The molecule has 0 N–H and O–H groups in total. The lowest BCUT2D eigenvalue weighted by molar-refractivity contribution is 1.05. The molecule has 0 aliphatic carbocycles. The highest BCUT2D eigenvalue weighted by molar-refractivity contribution is 7.26. The molecule has 5 aromatic heterocycles. The molecule has 10 nitrogen and oxygen atoms in total. The molecule has 0 aliphatic rings. The molecule has 0 radical (unpaired) electrons. The number of thiophene rings is 1. The molecular formula is C50H30N10S. The summed E-state index contributed by atoms with van der Waals surface area (Å²) < 4.78 is 2.20. The summed E-state index contributed by atoms with van der Waals surface area (Å²) in [7, 11) is 0. The van der Waals surface area contributed by atoms with Gasteiger partial charge in [-0.15, -0.1) is 11.3 Å². The molecule has 0 spiro atoms. The van der Waals surface area contributed by atoms with Crippen LogP contribution in [0.15, 0.2) is 183 Å². The van der Waals surface area contributed by atoms with Crippen LogP contribution in [0.2, 0.25) is 0 Å². The van der Waals surface area contributed by atoms with Crippen molar-refractivity contribution in [2.45, 2.75) is 0 Å². The Balaban J connectivity index is 0.941. The van der Waals surface area contributed by atoms with Crippen LogP contribution in [0.5, 0.6) is 0 Å². The highest BCUT2D eigenvalue weighted by atomic mass is 32.1. The average Bonchev–Trinajstić information content (AvgIpc) is 3.74. The Hall–Kier alpha value is -8.28. The van der Waals surface area contributed by atoms with Crippen LogP contribution in [0.3, 0.4) is 0 Å². The number of hydrogen-bond donors (Lipinski definition) is 0. The molecule has 0 amide bonds. The van der Waals surface area contributed by atoms with Crippen LogP contribution < -0.4 is 0 Å². The van der Waals surface area contributed by atoms with E-state index in [-0.39, 0.29) is 0 Å². The van der Waals surface area contributed by atoms with Crippen molar-refractivity contribution in [3.63, 3.8) is 0 Å². The molecule has 11 aromatic rings. The van der Waals surface area contributed by atoms with E-state index >= 15 is 0 Å². The molecule has 5 heterocycles. The van der Waals surface area contributed by atoms with Gasteiger partial charge in [0, 0.05) is 53.6 Å². The lowest BCUT2D eigenvalue weighted by atomic mass is 10.0. The van der Waals surface area contributed by atoms with Crippen molar-refractivity contribution in [3.8, 4) is 91.1 Å². The molecule has 0 fully saturated rings. The third-order valence-corrected chi connectivity index (χ3v) is 11.5. The van der Waals surface area contributed by atoms with Gasteiger partial charge in [-0.2, -0.15) is 0 Å². The number of rotatable bonds is 8. The van der Waals surface area contributed by atoms with Crippen LogP contribution in [0.4, 0.5) is 0 Å². The molecule has 11 rings (SSSR count). The van der Waals surface area contributed by atoms with Crippen molar-refractivity contribution in [2.24, 2.45) is 0 Å². The molecule has 0 saturated heterocycles. The summed E-state index contributed by atoms with van der Waals surface area (Å²) in [6, 6.07) is 52.1. The molecular weight excluding hydrogens is 773 g/mol. The molecule has 0 bridgehead atoms. The Kier molecular flexibility index (Phi) is 9.10. The zero-order valence-electron chi connectivity index (χ0n) is 32.2. The smallest absolute Gasteiger partial charge is 0.184 e. The molecule has 286 valence electrons. The molecule has 0 saturated carbocycles. The minimum Gasteiger partial charge on any atom is -0.252 e. The molecule has 11 heteroatoms. The normalized spacial score (nSPS) is 11.3. The van der Waals surface area contributed by atoms with E-state index in [1.807, 2.05) is 121 Å². The summed E-state index contributed by atoms with van der Waals surface area (Å²) in [6.45, 7) is 0. The van der Waals surface area contributed by atoms with Crippen LogP contribution in [-0.2, 0) is 0 Å². The van der Waals surface area contributed by atoms with Crippen molar-refractivity contribution in [1.29, 1.82) is 0 Å². The lowest BCUT2D eigenvalue weighted by Gasteiger charge is -2.08. The van der Waals surface area contributed by atoms with Crippen LogP contribution in [0, 0.1) is 0 Å². The second-order valence-corrected chi connectivity index (χ2v) is 15.1. The van der Waals surface area contributed by atoms with Crippen LogP contribution in [0.1, 0.15) is 0 Å². The summed E-state index contributed by atoms with van der Waals surface area (Å²) >= 11 is 1.70. The predicted molar refractivity (Wildman–Crippen MR) is 241 cm³/mol. The second-order valence-electron chi connectivity index (χ2n) is 14.1. The van der Waals surface area contributed by atoms with Crippen molar-refractivity contribution >= 4 is 31.5 Å². The van der Waals surface area contributed by atoms with Gasteiger partial charge in [-0.3, -0.25) is 9.97 Å². The maximum atomic E-state index is 4.93. The summed E-state index contributed by atoms with van der Waals surface area (Å²) in [6.07, 6.45) is 7.06. The Labute approximate surface area is 353 Å². The highest BCUT2D eigenvalue weighted by Crippen LogP contribution is 2.43. The maximum absolute atomic E-state index is 4.93. The summed E-state index contributed by atoms with van der Waals surface area (Å²) in [5.74, 6) is 3.18. The van der Waals surface area contributed by atoms with Gasteiger partial charge in [0.05, 0.1) is 36.2 Å². The Morgan fingerprint density at radius 1 is 0.262 bits per heavy atom. The van der Waals surface area contributed by atoms with Crippen LogP contribution in [-0.4, -0.2) is 49.8 Å². The predicted octanol–water partition coefficient (Wildman–Crippen LogP) is 11.3. The highest BCUT2D eigenvalue weighted by Gasteiger charge is 2.19. The Morgan fingerprint density at radius 2 is 0.557 bits per heavy atom. The molecule has 61 heavy (non-hydrogen) atoms. The zero-order valence-corrected chi connectivity index (χ0v) is 33.0. The fraction of sp³-hybridized carbons (Fsp3) is 0. The summed E-state index contributed by atoms with van der Waals surface area (Å²) in [4.78, 5) is 48.5. The van der Waals surface area contributed by atoms with Gasteiger partial charge in [0.25, 0.3) is 0 Å². The third kappa shape index (κ3) is 6.94.